The maximum Gasteiger partial charge on any atom is 0.373 e. The SMILES string of the molecule is COC(=O)c1ccc(CN2C(=O)NC(C)(c3ccc4c(c3)OCO4)C2=O)o1. The summed E-state index contributed by atoms with van der Waals surface area (Å²) < 4.78 is 20.5. The summed E-state index contributed by atoms with van der Waals surface area (Å²) in [4.78, 5) is 37.9. The van der Waals surface area contributed by atoms with Crippen molar-refractivity contribution in [1.29, 1.82) is 0 Å². The number of carbonyl (C=O) groups is 3. The van der Waals surface area contributed by atoms with Crippen LogP contribution < -0.4 is 14.8 Å². The molecule has 2 aliphatic heterocycles. The predicted octanol–water partition coefficient (Wildman–Crippen LogP) is 1.76. The zero-order valence-electron chi connectivity index (χ0n) is 14.6. The molecule has 3 heterocycles. The third-order valence-corrected chi connectivity index (χ3v) is 4.59. The average Bonchev–Trinajstić information content (AvgIpc) is 3.36. The van der Waals surface area contributed by atoms with Crippen molar-refractivity contribution >= 4 is 17.9 Å². The van der Waals surface area contributed by atoms with Gasteiger partial charge in [-0.3, -0.25) is 9.69 Å². The summed E-state index contributed by atoms with van der Waals surface area (Å²) in [6.07, 6.45) is 0. The van der Waals surface area contributed by atoms with Crippen LogP contribution in [0.25, 0.3) is 0 Å². The number of hydrogen-bond donors (Lipinski definition) is 1. The molecule has 140 valence electrons. The number of ether oxygens (including phenoxy) is 3. The van der Waals surface area contributed by atoms with Crippen molar-refractivity contribution in [2.45, 2.75) is 19.0 Å². The first kappa shape index (κ1) is 17.0. The van der Waals surface area contributed by atoms with Crippen LogP contribution in [0.5, 0.6) is 11.5 Å². The van der Waals surface area contributed by atoms with Crippen molar-refractivity contribution in [3.63, 3.8) is 0 Å². The van der Waals surface area contributed by atoms with Crippen molar-refractivity contribution in [3.05, 3.63) is 47.4 Å². The summed E-state index contributed by atoms with van der Waals surface area (Å²) in [6.45, 7) is 1.62. The van der Waals surface area contributed by atoms with Gasteiger partial charge in [-0.25, -0.2) is 9.59 Å². The van der Waals surface area contributed by atoms with Crippen LogP contribution >= 0.6 is 0 Å². The molecule has 1 fully saturated rings. The summed E-state index contributed by atoms with van der Waals surface area (Å²) in [5.74, 6) is 0.308. The van der Waals surface area contributed by atoms with Crippen molar-refractivity contribution < 1.29 is 33.0 Å². The Hall–Kier alpha value is -3.49. The second-order valence-electron chi connectivity index (χ2n) is 6.27. The van der Waals surface area contributed by atoms with Crippen molar-refractivity contribution in [2.24, 2.45) is 0 Å². The number of esters is 1. The van der Waals surface area contributed by atoms with E-state index in [9.17, 15) is 14.4 Å². The highest BCUT2D eigenvalue weighted by Crippen LogP contribution is 2.38. The van der Waals surface area contributed by atoms with Gasteiger partial charge in [0.15, 0.2) is 11.5 Å². The van der Waals surface area contributed by atoms with Gasteiger partial charge in [-0.05, 0) is 36.8 Å². The molecule has 1 N–H and O–H groups in total. The van der Waals surface area contributed by atoms with Gasteiger partial charge in [0, 0.05) is 0 Å². The van der Waals surface area contributed by atoms with E-state index >= 15 is 0 Å². The molecule has 1 aromatic carbocycles. The van der Waals surface area contributed by atoms with Gasteiger partial charge in [-0.15, -0.1) is 0 Å². The van der Waals surface area contributed by atoms with E-state index in [0.717, 1.165) is 4.90 Å². The molecule has 1 saturated heterocycles. The molecule has 2 aromatic rings. The lowest BCUT2D eigenvalue weighted by molar-refractivity contribution is -0.131. The van der Waals surface area contributed by atoms with Gasteiger partial charge in [-0.2, -0.15) is 0 Å². The first-order valence-electron chi connectivity index (χ1n) is 8.13. The topological polar surface area (TPSA) is 107 Å². The van der Waals surface area contributed by atoms with Crippen molar-refractivity contribution in [1.82, 2.24) is 10.2 Å². The molecule has 9 heteroatoms. The standard InChI is InChI=1S/C18H16N2O7/c1-18(10-3-5-12-14(7-10)26-9-25-12)16(22)20(17(23)19-18)8-11-4-6-13(27-11)15(21)24-2/h3-7H,8-9H2,1-2H3,(H,19,23). The van der Waals surface area contributed by atoms with Crippen LogP contribution in [-0.4, -0.2) is 36.7 Å². The zero-order chi connectivity index (χ0) is 19.2. The second-order valence-corrected chi connectivity index (χ2v) is 6.27. The summed E-state index contributed by atoms with van der Waals surface area (Å²) in [7, 11) is 1.23. The molecule has 1 aromatic heterocycles. The van der Waals surface area contributed by atoms with Gasteiger partial charge >= 0.3 is 12.0 Å². The number of methoxy groups -OCH3 is 1. The summed E-state index contributed by atoms with van der Waals surface area (Å²) in [5.41, 5.74) is -0.683. The minimum absolute atomic E-state index is 0.00177. The van der Waals surface area contributed by atoms with Crippen LogP contribution in [-0.2, 0) is 21.6 Å². The molecular formula is C18H16N2O7. The Labute approximate surface area is 153 Å². The molecular weight excluding hydrogens is 356 g/mol. The molecule has 0 spiro atoms. The number of amides is 3. The largest absolute Gasteiger partial charge is 0.463 e. The van der Waals surface area contributed by atoms with E-state index in [2.05, 4.69) is 10.1 Å². The van der Waals surface area contributed by atoms with E-state index in [-0.39, 0.29) is 24.9 Å². The number of fused-ring (bicyclic) bond motifs is 1. The number of furan rings is 1. The molecule has 4 rings (SSSR count). The van der Waals surface area contributed by atoms with Crippen LogP contribution in [0, 0.1) is 0 Å². The Morgan fingerprint density at radius 3 is 2.78 bits per heavy atom. The van der Waals surface area contributed by atoms with E-state index in [1.807, 2.05) is 0 Å². The highest BCUT2D eigenvalue weighted by atomic mass is 16.7. The third-order valence-electron chi connectivity index (χ3n) is 4.59. The lowest BCUT2D eigenvalue weighted by Gasteiger charge is -2.22. The third kappa shape index (κ3) is 2.67. The number of carbonyl (C=O) groups excluding carboxylic acids is 3. The zero-order valence-corrected chi connectivity index (χ0v) is 14.6. The van der Waals surface area contributed by atoms with E-state index in [1.165, 1.54) is 19.2 Å². The summed E-state index contributed by atoms with van der Waals surface area (Å²) in [6, 6.07) is 7.46. The molecule has 0 bridgehead atoms. The first-order valence-corrected chi connectivity index (χ1v) is 8.13. The number of nitrogens with one attached hydrogen (secondary N) is 1. The Morgan fingerprint density at radius 1 is 1.22 bits per heavy atom. The van der Waals surface area contributed by atoms with Crippen molar-refractivity contribution in [3.8, 4) is 11.5 Å². The smallest absolute Gasteiger partial charge is 0.373 e. The highest BCUT2D eigenvalue weighted by molar-refractivity contribution is 6.07. The summed E-state index contributed by atoms with van der Waals surface area (Å²) in [5, 5.41) is 2.71. The number of urea groups is 1. The van der Waals surface area contributed by atoms with Gasteiger partial charge in [0.25, 0.3) is 5.91 Å². The summed E-state index contributed by atoms with van der Waals surface area (Å²) >= 11 is 0. The molecule has 3 amide bonds. The maximum absolute atomic E-state index is 13.0. The molecule has 0 aliphatic carbocycles. The Morgan fingerprint density at radius 2 is 2.00 bits per heavy atom. The van der Waals surface area contributed by atoms with E-state index in [1.54, 1.807) is 25.1 Å². The minimum atomic E-state index is -1.25. The Balaban J connectivity index is 1.58. The lowest BCUT2D eigenvalue weighted by atomic mass is 9.91. The van der Waals surface area contributed by atoms with Crippen LogP contribution in [0.2, 0.25) is 0 Å². The van der Waals surface area contributed by atoms with Gasteiger partial charge in [0.1, 0.15) is 11.3 Å². The number of hydrogen-bond acceptors (Lipinski definition) is 7. The van der Waals surface area contributed by atoms with E-state index in [0.29, 0.717) is 17.1 Å². The molecule has 0 radical (unpaired) electrons. The van der Waals surface area contributed by atoms with Crippen LogP contribution in [0.3, 0.4) is 0 Å². The number of nitrogens with zero attached hydrogens (tertiary/aromatic N) is 1. The average molecular weight is 372 g/mol. The van der Waals surface area contributed by atoms with Crippen LogP contribution in [0.15, 0.2) is 34.7 Å². The van der Waals surface area contributed by atoms with Crippen LogP contribution in [0.1, 0.15) is 28.8 Å². The number of benzene rings is 1. The number of rotatable bonds is 4. The first-order chi connectivity index (χ1) is 12.9. The van der Waals surface area contributed by atoms with Crippen LogP contribution in [0.4, 0.5) is 4.79 Å². The molecule has 0 saturated carbocycles. The number of imide groups is 1. The maximum atomic E-state index is 13.0. The molecule has 1 atom stereocenters. The van der Waals surface area contributed by atoms with Gasteiger partial charge < -0.3 is 23.9 Å². The Kier molecular flexibility index (Phi) is 3.79. The van der Waals surface area contributed by atoms with Gasteiger partial charge in [-0.1, -0.05) is 6.07 Å². The fourth-order valence-electron chi connectivity index (χ4n) is 3.07. The molecule has 27 heavy (non-hydrogen) atoms. The van der Waals surface area contributed by atoms with Gasteiger partial charge in [0.2, 0.25) is 12.6 Å². The quantitative estimate of drug-likeness (QED) is 0.644. The van der Waals surface area contributed by atoms with Gasteiger partial charge in [0.05, 0.1) is 13.7 Å². The Bertz CT molecular complexity index is 951. The fourth-order valence-corrected chi connectivity index (χ4v) is 3.07. The highest BCUT2D eigenvalue weighted by Gasteiger charge is 2.49. The lowest BCUT2D eigenvalue weighted by Crippen LogP contribution is -2.40. The monoisotopic (exact) mass is 372 g/mol. The van der Waals surface area contributed by atoms with E-state index < -0.39 is 23.4 Å². The molecule has 9 nitrogen and oxygen atoms in total. The fraction of sp³-hybridized carbons (Fsp3) is 0.278. The molecule has 1 unspecified atom stereocenters. The normalized spacial score (nSPS) is 20.7. The van der Waals surface area contributed by atoms with E-state index in [4.69, 9.17) is 13.9 Å². The van der Waals surface area contributed by atoms with Crippen molar-refractivity contribution in [2.75, 3.05) is 13.9 Å². The predicted molar refractivity (Wildman–Crippen MR) is 89.0 cm³/mol. The molecule has 2 aliphatic rings. The second kappa shape index (κ2) is 6.04. The minimum Gasteiger partial charge on any atom is -0.463 e.